The lowest BCUT2D eigenvalue weighted by atomic mass is 10.1. The van der Waals surface area contributed by atoms with Gasteiger partial charge in [0.15, 0.2) is 5.79 Å². The van der Waals surface area contributed by atoms with Crippen LogP contribution >= 0.6 is 0 Å². The zero-order valence-electron chi connectivity index (χ0n) is 12.0. The topological polar surface area (TPSA) is 41.9 Å². The number of rotatable bonds is 4. The van der Waals surface area contributed by atoms with E-state index in [1.807, 2.05) is 37.3 Å². The van der Waals surface area contributed by atoms with E-state index in [1.165, 1.54) is 0 Å². The van der Waals surface area contributed by atoms with Crippen LogP contribution in [0.5, 0.6) is 0 Å². The van der Waals surface area contributed by atoms with Crippen LogP contribution in [0.3, 0.4) is 0 Å². The molecule has 2 aliphatic rings. The number of ether oxygens (including phenoxy) is 2. The molecule has 20 heavy (non-hydrogen) atoms. The van der Waals surface area contributed by atoms with Crippen LogP contribution in [0, 0.1) is 0 Å². The van der Waals surface area contributed by atoms with Crippen molar-refractivity contribution in [2.75, 3.05) is 26.3 Å². The molecule has 0 saturated carbocycles. The van der Waals surface area contributed by atoms with Gasteiger partial charge < -0.3 is 14.6 Å². The first-order valence-electron chi connectivity index (χ1n) is 7.43. The largest absolute Gasteiger partial charge is 0.395 e. The molecule has 3 rings (SSSR count). The predicted octanol–water partition coefficient (Wildman–Crippen LogP) is 1.73. The average molecular weight is 277 g/mol. The third-order valence-corrected chi connectivity index (χ3v) is 4.38. The first-order chi connectivity index (χ1) is 9.71. The summed E-state index contributed by atoms with van der Waals surface area (Å²) in [5.74, 6) is -0.639. The van der Waals surface area contributed by atoms with Gasteiger partial charge in [-0.3, -0.25) is 4.90 Å². The molecule has 2 heterocycles. The number of aliphatic hydroxyl groups excluding tert-OH is 1. The van der Waals surface area contributed by atoms with E-state index >= 15 is 0 Å². The molecule has 0 radical (unpaired) electrons. The Morgan fingerprint density at radius 1 is 1.35 bits per heavy atom. The van der Waals surface area contributed by atoms with Crippen molar-refractivity contribution < 1.29 is 14.6 Å². The Kier molecular flexibility index (Phi) is 4.08. The molecule has 4 nitrogen and oxygen atoms in total. The van der Waals surface area contributed by atoms with E-state index in [1.54, 1.807) is 0 Å². The van der Waals surface area contributed by atoms with Crippen molar-refractivity contribution in [2.45, 2.75) is 37.7 Å². The first-order valence-corrected chi connectivity index (χ1v) is 7.43. The molecule has 2 saturated heterocycles. The van der Waals surface area contributed by atoms with Crippen LogP contribution in [0.25, 0.3) is 0 Å². The van der Waals surface area contributed by atoms with Crippen LogP contribution in [-0.2, 0) is 15.3 Å². The number of hydrogen-bond acceptors (Lipinski definition) is 4. The fourth-order valence-electron chi connectivity index (χ4n) is 3.22. The summed E-state index contributed by atoms with van der Waals surface area (Å²) < 4.78 is 12.1. The summed E-state index contributed by atoms with van der Waals surface area (Å²) in [6.45, 7) is 4.72. The molecule has 1 aromatic carbocycles. The maximum Gasteiger partial charge on any atom is 0.192 e. The standard InChI is InChI=1S/C16H23NO3/c1-16(13-6-3-2-4-7-13)19-12-15(20-16)10-17-9-5-8-14(17)11-18/h2-4,6-7,14-15,18H,5,8-12H2,1H3/t14-,15?,16?/m0/s1. The SMILES string of the molecule is CC1(c2ccccc2)OCC(CN2CCC[C@H]2CO)O1. The van der Waals surface area contributed by atoms with Crippen molar-refractivity contribution in [1.82, 2.24) is 4.90 Å². The van der Waals surface area contributed by atoms with Gasteiger partial charge in [-0.2, -0.15) is 0 Å². The van der Waals surface area contributed by atoms with Crippen molar-refractivity contribution in [3.63, 3.8) is 0 Å². The summed E-state index contributed by atoms with van der Waals surface area (Å²) >= 11 is 0. The molecule has 2 fully saturated rings. The van der Waals surface area contributed by atoms with Gasteiger partial charge in [-0.05, 0) is 26.3 Å². The summed E-state index contributed by atoms with van der Waals surface area (Å²) in [6.07, 6.45) is 2.32. The van der Waals surface area contributed by atoms with E-state index < -0.39 is 5.79 Å². The van der Waals surface area contributed by atoms with Gasteiger partial charge in [-0.25, -0.2) is 0 Å². The minimum Gasteiger partial charge on any atom is -0.395 e. The maximum absolute atomic E-state index is 9.38. The van der Waals surface area contributed by atoms with Crippen molar-refractivity contribution in [3.8, 4) is 0 Å². The minimum absolute atomic E-state index is 0.0763. The lowest BCUT2D eigenvalue weighted by molar-refractivity contribution is -0.163. The van der Waals surface area contributed by atoms with Crippen molar-refractivity contribution >= 4 is 0 Å². The fraction of sp³-hybridized carbons (Fsp3) is 0.625. The molecule has 0 bridgehead atoms. The normalized spacial score (nSPS) is 34.7. The highest BCUT2D eigenvalue weighted by Gasteiger charge is 2.40. The molecule has 0 spiro atoms. The highest BCUT2D eigenvalue weighted by atomic mass is 16.7. The molecule has 1 aromatic rings. The Bertz CT molecular complexity index is 439. The van der Waals surface area contributed by atoms with E-state index in [0.29, 0.717) is 12.6 Å². The Morgan fingerprint density at radius 2 is 2.15 bits per heavy atom. The second kappa shape index (κ2) is 5.82. The van der Waals surface area contributed by atoms with Gasteiger partial charge in [-0.1, -0.05) is 30.3 Å². The van der Waals surface area contributed by atoms with Gasteiger partial charge in [0.1, 0.15) is 0 Å². The third kappa shape index (κ3) is 2.74. The van der Waals surface area contributed by atoms with Gasteiger partial charge in [0, 0.05) is 18.2 Å². The van der Waals surface area contributed by atoms with Crippen LogP contribution < -0.4 is 0 Å². The summed E-state index contributed by atoms with van der Waals surface area (Å²) in [4.78, 5) is 2.32. The van der Waals surface area contributed by atoms with Crippen LogP contribution in [0.1, 0.15) is 25.3 Å². The molecular weight excluding hydrogens is 254 g/mol. The Morgan fingerprint density at radius 3 is 2.90 bits per heavy atom. The number of hydrogen-bond donors (Lipinski definition) is 1. The molecular formula is C16H23NO3. The van der Waals surface area contributed by atoms with Crippen molar-refractivity contribution in [3.05, 3.63) is 35.9 Å². The molecule has 3 atom stereocenters. The predicted molar refractivity (Wildman–Crippen MR) is 76.3 cm³/mol. The van der Waals surface area contributed by atoms with Gasteiger partial charge in [0.2, 0.25) is 0 Å². The van der Waals surface area contributed by atoms with E-state index in [4.69, 9.17) is 9.47 Å². The Labute approximate surface area is 120 Å². The highest BCUT2D eigenvalue weighted by molar-refractivity contribution is 5.20. The molecule has 0 aromatic heterocycles. The smallest absolute Gasteiger partial charge is 0.192 e. The van der Waals surface area contributed by atoms with E-state index in [2.05, 4.69) is 4.90 Å². The van der Waals surface area contributed by atoms with Gasteiger partial charge >= 0.3 is 0 Å². The quantitative estimate of drug-likeness (QED) is 0.910. The van der Waals surface area contributed by atoms with Gasteiger partial charge in [0.25, 0.3) is 0 Å². The zero-order valence-corrected chi connectivity index (χ0v) is 12.0. The highest BCUT2D eigenvalue weighted by Crippen LogP contribution is 2.34. The summed E-state index contributed by atoms with van der Waals surface area (Å²) in [5, 5.41) is 9.38. The van der Waals surface area contributed by atoms with Crippen LogP contribution in [-0.4, -0.2) is 48.5 Å². The third-order valence-electron chi connectivity index (χ3n) is 4.38. The molecule has 4 heteroatoms. The van der Waals surface area contributed by atoms with E-state index in [-0.39, 0.29) is 12.7 Å². The molecule has 1 N–H and O–H groups in total. The number of benzene rings is 1. The summed E-state index contributed by atoms with van der Waals surface area (Å²) in [6, 6.07) is 10.4. The average Bonchev–Trinajstić information content (AvgIpc) is 3.08. The fourth-order valence-corrected chi connectivity index (χ4v) is 3.22. The van der Waals surface area contributed by atoms with Crippen LogP contribution in [0.15, 0.2) is 30.3 Å². The lowest BCUT2D eigenvalue weighted by Crippen LogP contribution is -2.39. The molecule has 0 aliphatic carbocycles. The Hall–Kier alpha value is -0.940. The monoisotopic (exact) mass is 277 g/mol. The number of nitrogens with zero attached hydrogens (tertiary/aromatic N) is 1. The molecule has 0 amide bonds. The molecule has 2 unspecified atom stereocenters. The molecule has 110 valence electrons. The van der Waals surface area contributed by atoms with Gasteiger partial charge in [0.05, 0.1) is 19.3 Å². The van der Waals surface area contributed by atoms with Crippen LogP contribution in [0.2, 0.25) is 0 Å². The first kappa shape index (κ1) is 14.0. The minimum atomic E-state index is -0.639. The van der Waals surface area contributed by atoms with Crippen LogP contribution in [0.4, 0.5) is 0 Å². The van der Waals surface area contributed by atoms with E-state index in [9.17, 15) is 5.11 Å². The maximum atomic E-state index is 9.38. The van der Waals surface area contributed by atoms with Crippen molar-refractivity contribution in [1.29, 1.82) is 0 Å². The number of aliphatic hydroxyl groups is 1. The second-order valence-electron chi connectivity index (χ2n) is 5.84. The van der Waals surface area contributed by atoms with Gasteiger partial charge in [-0.15, -0.1) is 0 Å². The summed E-state index contributed by atoms with van der Waals surface area (Å²) in [7, 11) is 0. The lowest BCUT2D eigenvalue weighted by Gasteiger charge is -2.27. The number of likely N-dealkylation sites (tertiary alicyclic amines) is 1. The Balaban J connectivity index is 1.62. The second-order valence-corrected chi connectivity index (χ2v) is 5.84. The molecule has 2 aliphatic heterocycles. The zero-order chi connectivity index (χ0) is 14.0. The van der Waals surface area contributed by atoms with E-state index in [0.717, 1.165) is 31.5 Å². The van der Waals surface area contributed by atoms with Crippen molar-refractivity contribution in [2.24, 2.45) is 0 Å². The summed E-state index contributed by atoms with van der Waals surface area (Å²) in [5.41, 5.74) is 1.06.